The topological polar surface area (TPSA) is 427 Å². The van der Waals surface area contributed by atoms with Crippen molar-refractivity contribution in [2.75, 3.05) is 33.0 Å². The van der Waals surface area contributed by atoms with Crippen molar-refractivity contribution in [1.29, 1.82) is 0 Å². The first-order chi connectivity index (χ1) is 26.4. The highest BCUT2D eigenvalue weighted by molar-refractivity contribution is 4.97. The zero-order chi connectivity index (χ0) is 41.3. The molecule has 0 aromatic carbocycles. The minimum Gasteiger partial charge on any atom is -0.394 e. The fourth-order valence-corrected chi connectivity index (χ4v) is 6.81. The van der Waals surface area contributed by atoms with Crippen molar-refractivity contribution in [3.8, 4) is 0 Å². The van der Waals surface area contributed by atoms with Crippen molar-refractivity contribution in [3.63, 3.8) is 0 Å². The first-order valence-corrected chi connectivity index (χ1v) is 17.6. The summed E-state index contributed by atoms with van der Waals surface area (Å²) in [4.78, 5) is 0. The van der Waals surface area contributed by atoms with E-state index in [4.69, 9.17) is 42.6 Å². The summed E-state index contributed by atoms with van der Waals surface area (Å²) in [6.07, 6.45) is -45.1. The fraction of sp³-hybridized carbons (Fsp3) is 1.00. The van der Waals surface area contributed by atoms with Crippen molar-refractivity contribution in [1.82, 2.24) is 0 Å². The molecule has 0 bridgehead atoms. The van der Waals surface area contributed by atoms with Crippen LogP contribution in [0.25, 0.3) is 0 Å². The van der Waals surface area contributed by atoms with Gasteiger partial charge in [-0.25, -0.2) is 0 Å². The molecule has 25 atom stereocenters. The molecule has 5 saturated heterocycles. The van der Waals surface area contributed by atoms with Crippen LogP contribution in [0.15, 0.2) is 0 Å². The molecule has 1 unspecified atom stereocenters. The fourth-order valence-electron chi connectivity index (χ4n) is 6.81. The summed E-state index contributed by atoms with van der Waals surface area (Å²) in [5.74, 6) is 0. The van der Waals surface area contributed by atoms with Crippen LogP contribution in [0.2, 0.25) is 0 Å². The maximum absolute atomic E-state index is 11.1. The summed E-state index contributed by atoms with van der Waals surface area (Å²) in [7, 11) is 0. The predicted molar refractivity (Wildman–Crippen MR) is 167 cm³/mol. The van der Waals surface area contributed by atoms with Gasteiger partial charge in [-0.05, 0) is 0 Å². The maximum atomic E-state index is 11.1. The van der Waals surface area contributed by atoms with Crippen LogP contribution in [0.1, 0.15) is 0 Å². The second-order valence-electron chi connectivity index (χ2n) is 14.0. The molecule has 26 nitrogen and oxygen atoms in total. The summed E-state index contributed by atoms with van der Waals surface area (Å²) in [5.41, 5.74) is 0. The van der Waals surface area contributed by atoms with Gasteiger partial charge in [-0.2, -0.15) is 0 Å². The van der Waals surface area contributed by atoms with Gasteiger partial charge in [-0.3, -0.25) is 0 Å². The summed E-state index contributed by atoms with van der Waals surface area (Å²) in [6, 6.07) is 0. The van der Waals surface area contributed by atoms with Crippen molar-refractivity contribution < 1.29 is 129 Å². The third kappa shape index (κ3) is 9.46. The SMILES string of the molecule is OC[C@H]1O[C@H](O[C@@H]2[C@@H](O)[C@H](O[C@H]3[C@H](O)[C@@H](O)[C@H](OC[C@H]4O[C@H](OC[C@H]5OC(O)[C@H](O)[C@@H](O)[C@H]5O)[C@H](O)[C@@H](O)[C@@H]4O)O[C@@H]3CO)O[C@H](CO)[C@H]2O)[C@H](O)[C@@H](O)[C@@H]1O. The van der Waals surface area contributed by atoms with Gasteiger partial charge in [-0.1, -0.05) is 0 Å². The number of hydrogen-bond donors (Lipinski definition) is 17. The van der Waals surface area contributed by atoms with E-state index in [1.54, 1.807) is 0 Å². The Bertz CT molecular complexity index is 1200. The normalized spacial score (nSPS) is 53.2. The van der Waals surface area contributed by atoms with E-state index in [-0.39, 0.29) is 0 Å². The van der Waals surface area contributed by atoms with Crippen LogP contribution >= 0.6 is 0 Å². The second kappa shape index (κ2) is 19.6. The van der Waals surface area contributed by atoms with Crippen LogP contribution in [0.3, 0.4) is 0 Å². The number of rotatable bonds is 13. The molecule has 328 valence electrons. The zero-order valence-electron chi connectivity index (χ0n) is 29.2. The Morgan fingerprint density at radius 3 is 1.21 bits per heavy atom. The molecule has 0 radical (unpaired) electrons. The lowest BCUT2D eigenvalue weighted by molar-refractivity contribution is -0.382. The molecule has 0 saturated carbocycles. The van der Waals surface area contributed by atoms with E-state index in [0.29, 0.717) is 0 Å². The molecule has 0 aromatic rings. The van der Waals surface area contributed by atoms with Gasteiger partial charge in [0, 0.05) is 0 Å². The number of aliphatic hydroxyl groups is 17. The van der Waals surface area contributed by atoms with Gasteiger partial charge < -0.3 is 129 Å². The summed E-state index contributed by atoms with van der Waals surface area (Å²) < 4.78 is 48.8. The summed E-state index contributed by atoms with van der Waals surface area (Å²) >= 11 is 0. The van der Waals surface area contributed by atoms with Gasteiger partial charge in [-0.15, -0.1) is 0 Å². The third-order valence-corrected chi connectivity index (χ3v) is 10.3. The zero-order valence-corrected chi connectivity index (χ0v) is 29.2. The molecule has 56 heavy (non-hydrogen) atoms. The number of aliphatic hydroxyl groups excluding tert-OH is 17. The summed E-state index contributed by atoms with van der Waals surface area (Å²) in [5, 5.41) is 175. The van der Waals surface area contributed by atoms with Gasteiger partial charge >= 0.3 is 0 Å². The van der Waals surface area contributed by atoms with Crippen molar-refractivity contribution in [2.24, 2.45) is 0 Å². The lowest BCUT2D eigenvalue weighted by atomic mass is 9.96. The predicted octanol–water partition coefficient (Wildman–Crippen LogP) is -11.9. The van der Waals surface area contributed by atoms with Gasteiger partial charge in [0.25, 0.3) is 0 Å². The lowest BCUT2D eigenvalue weighted by Gasteiger charge is -2.48. The quantitative estimate of drug-likeness (QED) is 0.0819. The van der Waals surface area contributed by atoms with Crippen LogP contribution in [0.4, 0.5) is 0 Å². The molecule has 5 rings (SSSR count). The summed E-state index contributed by atoms with van der Waals surface area (Å²) in [6.45, 7) is -4.09. The third-order valence-electron chi connectivity index (χ3n) is 10.3. The van der Waals surface area contributed by atoms with E-state index in [1.165, 1.54) is 0 Å². The highest BCUT2D eigenvalue weighted by Gasteiger charge is 2.54. The smallest absolute Gasteiger partial charge is 0.187 e. The number of ether oxygens (including phenoxy) is 9. The van der Waals surface area contributed by atoms with E-state index in [9.17, 15) is 86.8 Å². The van der Waals surface area contributed by atoms with Crippen LogP contribution in [0, 0.1) is 0 Å². The van der Waals surface area contributed by atoms with E-state index < -0.39 is 187 Å². The first-order valence-electron chi connectivity index (χ1n) is 17.6. The van der Waals surface area contributed by atoms with E-state index in [1.807, 2.05) is 0 Å². The largest absolute Gasteiger partial charge is 0.394 e. The molecule has 0 spiro atoms. The first kappa shape index (κ1) is 46.0. The highest BCUT2D eigenvalue weighted by Crippen LogP contribution is 2.33. The molecule has 5 fully saturated rings. The standard InChI is InChI=1S/C30H52O26/c31-1-6-11(34)16(39)21(44)29(51-6)56-25-14(37)7(2-32)52-30(23(25)46)55-24-8(3-33)53-28(22(45)18(24)41)49-5-10-13(36)17(40)20(43)27(54-10)48-4-9-12(35)15(38)19(42)26(47)50-9/h6-47H,1-5H2/t6-,7-,8-,9-,10-,11-,12+,13-,14-,15+,16+,17+,18-,19-,20-,21-,22-,23-,24-,25+,26?,27+,28-,29-,30+/m1/s1. The average molecular weight is 829 g/mol. The van der Waals surface area contributed by atoms with Gasteiger partial charge in [0.05, 0.1) is 33.0 Å². The highest BCUT2D eigenvalue weighted by atomic mass is 16.8. The molecule has 26 heteroatoms. The Morgan fingerprint density at radius 2 is 0.679 bits per heavy atom. The molecule has 0 aromatic heterocycles. The van der Waals surface area contributed by atoms with Crippen molar-refractivity contribution in [2.45, 2.75) is 154 Å². The Hall–Kier alpha value is -1.04. The average Bonchev–Trinajstić information content (AvgIpc) is 3.18. The van der Waals surface area contributed by atoms with Crippen molar-refractivity contribution in [3.05, 3.63) is 0 Å². The van der Waals surface area contributed by atoms with Gasteiger partial charge in [0.15, 0.2) is 31.5 Å². The molecule has 5 heterocycles. The molecule has 17 N–H and O–H groups in total. The Morgan fingerprint density at radius 1 is 0.304 bits per heavy atom. The van der Waals surface area contributed by atoms with E-state index >= 15 is 0 Å². The molecule has 5 aliphatic heterocycles. The van der Waals surface area contributed by atoms with E-state index in [0.717, 1.165) is 0 Å². The molecular formula is C30H52O26. The minimum atomic E-state index is -2.05. The molecule has 5 aliphatic rings. The van der Waals surface area contributed by atoms with Crippen LogP contribution in [-0.2, 0) is 42.6 Å². The van der Waals surface area contributed by atoms with Crippen LogP contribution in [-0.4, -0.2) is 273 Å². The lowest BCUT2D eigenvalue weighted by Crippen LogP contribution is -2.67. The van der Waals surface area contributed by atoms with Gasteiger partial charge in [0.2, 0.25) is 0 Å². The van der Waals surface area contributed by atoms with Crippen molar-refractivity contribution >= 4 is 0 Å². The molecule has 0 aliphatic carbocycles. The Balaban J connectivity index is 1.20. The monoisotopic (exact) mass is 828 g/mol. The van der Waals surface area contributed by atoms with E-state index in [2.05, 4.69) is 0 Å². The second-order valence-corrected chi connectivity index (χ2v) is 14.0. The van der Waals surface area contributed by atoms with Gasteiger partial charge in [0.1, 0.15) is 122 Å². The molecule has 0 amide bonds. The molecular weight excluding hydrogens is 776 g/mol. The minimum absolute atomic E-state index is 0.672. The Labute approximate surface area is 316 Å². The number of hydrogen-bond acceptors (Lipinski definition) is 26. The van der Waals surface area contributed by atoms with Crippen LogP contribution < -0.4 is 0 Å². The van der Waals surface area contributed by atoms with Crippen LogP contribution in [0.5, 0.6) is 0 Å². The maximum Gasteiger partial charge on any atom is 0.187 e. The Kier molecular flexibility index (Phi) is 16.1.